The molecule has 0 aromatic heterocycles. The van der Waals surface area contributed by atoms with Crippen molar-refractivity contribution in [2.24, 2.45) is 11.8 Å². The van der Waals surface area contributed by atoms with Crippen LogP contribution in [0.15, 0.2) is 42.5 Å². The first-order valence-corrected chi connectivity index (χ1v) is 11.1. The number of nitrogens with zero attached hydrogens (tertiary/aromatic N) is 1. The first kappa shape index (κ1) is 19.2. The summed E-state index contributed by atoms with van der Waals surface area (Å²) in [6.45, 7) is 7.59. The predicted octanol–water partition coefficient (Wildman–Crippen LogP) is 5.92. The number of carbonyl (C=O) groups is 1. The molecule has 0 bridgehead atoms. The van der Waals surface area contributed by atoms with Crippen molar-refractivity contribution in [3.63, 3.8) is 0 Å². The largest absolute Gasteiger partial charge is 0.312 e. The molecule has 0 N–H and O–H groups in total. The fraction of sp³-hybridized carbons (Fsp3) is 0.500. The van der Waals surface area contributed by atoms with Gasteiger partial charge in [-0.3, -0.25) is 4.79 Å². The Labute approximate surface area is 170 Å². The summed E-state index contributed by atoms with van der Waals surface area (Å²) in [4.78, 5) is 14.7. The number of hydrogen-bond acceptors (Lipinski definition) is 1. The minimum Gasteiger partial charge on any atom is -0.312 e. The third kappa shape index (κ3) is 3.74. The zero-order valence-electron chi connectivity index (χ0n) is 17.6. The van der Waals surface area contributed by atoms with Gasteiger partial charge in [-0.15, -0.1) is 0 Å². The molecule has 1 heterocycles. The van der Waals surface area contributed by atoms with Gasteiger partial charge in [-0.05, 0) is 78.2 Å². The molecule has 2 nitrogen and oxygen atoms in total. The molecule has 2 aliphatic rings. The normalized spacial score (nSPS) is 19.0. The molecule has 1 amide bonds. The second-order valence-corrected chi connectivity index (χ2v) is 9.07. The van der Waals surface area contributed by atoms with Crippen LogP contribution in [0.25, 0.3) is 0 Å². The third-order valence-electron chi connectivity index (χ3n) is 6.68. The average Bonchev–Trinajstić information content (AvgIpc) is 3.09. The summed E-state index contributed by atoms with van der Waals surface area (Å²) in [7, 11) is 0. The van der Waals surface area contributed by atoms with Crippen LogP contribution >= 0.6 is 0 Å². The molecule has 148 valence electrons. The van der Waals surface area contributed by atoms with Crippen LogP contribution in [0.3, 0.4) is 0 Å². The molecule has 0 saturated carbocycles. The van der Waals surface area contributed by atoms with Crippen LogP contribution in [0, 0.1) is 11.8 Å². The highest BCUT2D eigenvalue weighted by Gasteiger charge is 2.30. The summed E-state index contributed by atoms with van der Waals surface area (Å²) in [6.07, 6.45) is 6.17. The van der Waals surface area contributed by atoms with E-state index in [9.17, 15) is 4.79 Å². The molecule has 0 radical (unpaired) electrons. The smallest absolute Gasteiger partial charge is 0.226 e. The molecule has 4 rings (SSSR count). The van der Waals surface area contributed by atoms with Gasteiger partial charge in [0.15, 0.2) is 0 Å². The van der Waals surface area contributed by atoms with E-state index in [2.05, 4.69) is 63.2 Å². The minimum absolute atomic E-state index is 0.282. The monoisotopic (exact) mass is 375 g/mol. The molecule has 1 aliphatic heterocycles. The molecule has 28 heavy (non-hydrogen) atoms. The van der Waals surface area contributed by atoms with Gasteiger partial charge in [0, 0.05) is 18.7 Å². The standard InChI is InChI=1S/C26H33NO/c1-4-7-26(28)27-13-12-23(18(2)3)24-17-19(10-11-25(24)27)14-20-15-21-8-5-6-9-22(21)16-20/h5-6,8-11,17-18,20,23H,4,7,12-16H2,1-3H3. The van der Waals surface area contributed by atoms with Gasteiger partial charge in [0.05, 0.1) is 0 Å². The maximum atomic E-state index is 12.7. The van der Waals surface area contributed by atoms with Gasteiger partial charge in [0.1, 0.15) is 0 Å². The third-order valence-corrected chi connectivity index (χ3v) is 6.68. The fourth-order valence-corrected chi connectivity index (χ4v) is 5.25. The predicted molar refractivity (Wildman–Crippen MR) is 117 cm³/mol. The Bertz CT molecular complexity index is 828. The number of amides is 1. The maximum Gasteiger partial charge on any atom is 0.226 e. The highest BCUT2D eigenvalue weighted by atomic mass is 16.2. The highest BCUT2D eigenvalue weighted by molar-refractivity contribution is 5.94. The Hall–Kier alpha value is -2.09. The van der Waals surface area contributed by atoms with E-state index >= 15 is 0 Å². The van der Waals surface area contributed by atoms with Crippen molar-refractivity contribution in [2.45, 2.75) is 65.2 Å². The Morgan fingerprint density at radius 2 is 1.82 bits per heavy atom. The minimum atomic E-state index is 0.282. The fourth-order valence-electron chi connectivity index (χ4n) is 5.25. The Morgan fingerprint density at radius 3 is 2.46 bits per heavy atom. The van der Waals surface area contributed by atoms with E-state index in [0.29, 0.717) is 24.2 Å². The van der Waals surface area contributed by atoms with Crippen molar-refractivity contribution >= 4 is 11.6 Å². The first-order chi connectivity index (χ1) is 13.6. The quantitative estimate of drug-likeness (QED) is 0.635. The summed E-state index contributed by atoms with van der Waals surface area (Å²) >= 11 is 0. The summed E-state index contributed by atoms with van der Waals surface area (Å²) < 4.78 is 0. The SMILES string of the molecule is CCCC(=O)N1CCC(C(C)C)c2cc(CC3Cc4ccccc4C3)ccc21. The van der Waals surface area contributed by atoms with Crippen molar-refractivity contribution < 1.29 is 4.79 Å². The zero-order valence-corrected chi connectivity index (χ0v) is 17.6. The van der Waals surface area contributed by atoms with Crippen LogP contribution in [-0.4, -0.2) is 12.5 Å². The van der Waals surface area contributed by atoms with Crippen LogP contribution in [0.5, 0.6) is 0 Å². The molecule has 2 heteroatoms. The van der Waals surface area contributed by atoms with Gasteiger partial charge in [-0.2, -0.15) is 0 Å². The molecule has 0 spiro atoms. The lowest BCUT2D eigenvalue weighted by molar-refractivity contribution is -0.118. The average molecular weight is 376 g/mol. The van der Waals surface area contributed by atoms with Gasteiger partial charge in [-0.25, -0.2) is 0 Å². The van der Waals surface area contributed by atoms with Crippen molar-refractivity contribution in [3.8, 4) is 0 Å². The van der Waals surface area contributed by atoms with Crippen LogP contribution in [0.1, 0.15) is 68.2 Å². The van der Waals surface area contributed by atoms with E-state index in [1.54, 1.807) is 0 Å². The van der Waals surface area contributed by atoms with Crippen molar-refractivity contribution in [3.05, 3.63) is 64.7 Å². The Morgan fingerprint density at radius 1 is 1.11 bits per heavy atom. The van der Waals surface area contributed by atoms with E-state index in [1.165, 1.54) is 40.8 Å². The molecule has 1 unspecified atom stereocenters. The summed E-state index contributed by atoms with van der Waals surface area (Å²) in [5.74, 6) is 2.15. The van der Waals surface area contributed by atoms with E-state index in [1.807, 2.05) is 4.90 Å². The van der Waals surface area contributed by atoms with Crippen LogP contribution < -0.4 is 4.90 Å². The van der Waals surface area contributed by atoms with Crippen molar-refractivity contribution in [2.75, 3.05) is 11.4 Å². The van der Waals surface area contributed by atoms with E-state index in [4.69, 9.17) is 0 Å². The summed E-state index contributed by atoms with van der Waals surface area (Å²) in [5.41, 5.74) is 7.07. The van der Waals surface area contributed by atoms with Crippen LogP contribution in [-0.2, 0) is 24.1 Å². The van der Waals surface area contributed by atoms with E-state index in [0.717, 1.165) is 25.8 Å². The number of rotatable bonds is 5. The van der Waals surface area contributed by atoms with E-state index < -0.39 is 0 Å². The number of benzene rings is 2. The molecular formula is C26H33NO. The van der Waals surface area contributed by atoms with E-state index in [-0.39, 0.29) is 5.91 Å². The lowest BCUT2D eigenvalue weighted by Crippen LogP contribution is -2.37. The van der Waals surface area contributed by atoms with Gasteiger partial charge < -0.3 is 4.90 Å². The van der Waals surface area contributed by atoms with Crippen molar-refractivity contribution in [1.82, 2.24) is 0 Å². The number of fused-ring (bicyclic) bond motifs is 2. The topological polar surface area (TPSA) is 20.3 Å². The highest BCUT2D eigenvalue weighted by Crippen LogP contribution is 2.41. The molecular weight excluding hydrogens is 342 g/mol. The molecule has 0 saturated heterocycles. The van der Waals surface area contributed by atoms with Gasteiger partial charge in [-0.1, -0.05) is 57.2 Å². The molecule has 1 aliphatic carbocycles. The second-order valence-electron chi connectivity index (χ2n) is 9.07. The molecule has 0 fully saturated rings. The number of anilines is 1. The molecule has 1 atom stereocenters. The summed E-state index contributed by atoms with van der Waals surface area (Å²) in [5, 5.41) is 0. The lowest BCUT2D eigenvalue weighted by atomic mass is 9.80. The lowest BCUT2D eigenvalue weighted by Gasteiger charge is -2.36. The first-order valence-electron chi connectivity index (χ1n) is 11.1. The Kier molecular flexibility index (Phi) is 5.57. The van der Waals surface area contributed by atoms with Gasteiger partial charge in [0.2, 0.25) is 5.91 Å². The number of hydrogen-bond donors (Lipinski definition) is 0. The maximum absolute atomic E-state index is 12.7. The summed E-state index contributed by atoms with van der Waals surface area (Å²) in [6, 6.07) is 15.8. The number of carbonyl (C=O) groups excluding carboxylic acids is 1. The molecule has 2 aromatic rings. The Balaban J connectivity index is 1.58. The van der Waals surface area contributed by atoms with Crippen molar-refractivity contribution in [1.29, 1.82) is 0 Å². The van der Waals surface area contributed by atoms with Crippen LogP contribution in [0.4, 0.5) is 5.69 Å². The van der Waals surface area contributed by atoms with Gasteiger partial charge >= 0.3 is 0 Å². The van der Waals surface area contributed by atoms with Crippen LogP contribution in [0.2, 0.25) is 0 Å². The van der Waals surface area contributed by atoms with Gasteiger partial charge in [0.25, 0.3) is 0 Å². The zero-order chi connectivity index (χ0) is 19.7. The molecule has 2 aromatic carbocycles. The second kappa shape index (κ2) is 8.11.